The van der Waals surface area contributed by atoms with E-state index >= 15 is 0 Å². The van der Waals surface area contributed by atoms with Crippen molar-refractivity contribution in [3.05, 3.63) is 75.3 Å². The summed E-state index contributed by atoms with van der Waals surface area (Å²) in [4.78, 5) is 27.5. The van der Waals surface area contributed by atoms with E-state index in [2.05, 4.69) is 33.9 Å². The Hall–Kier alpha value is -2.77. The number of nitrogens with one attached hydrogen (secondary N) is 1. The second kappa shape index (κ2) is 11.3. The molecule has 0 amide bonds. The summed E-state index contributed by atoms with van der Waals surface area (Å²) in [6.07, 6.45) is 12.9. The smallest absolute Gasteiger partial charge is 0.260 e. The number of nitrogens with zero attached hydrogens (tertiary/aromatic N) is 3. The quantitative estimate of drug-likeness (QED) is 0.292. The Morgan fingerprint density at radius 3 is 2.66 bits per heavy atom. The molecule has 0 aliphatic heterocycles. The maximum absolute atomic E-state index is 13.0. The lowest BCUT2D eigenvalue weighted by atomic mass is 9.94. The fraction of sp³-hybridized carbons (Fsp3) is 0.393. The molecule has 0 bridgehead atoms. The molecule has 3 aromatic rings. The molecule has 1 saturated carbocycles. The minimum Gasteiger partial charge on any atom is -0.311 e. The van der Waals surface area contributed by atoms with Crippen molar-refractivity contribution in [1.29, 1.82) is 5.41 Å². The Bertz CT molecular complexity index is 1310. The fourth-order valence-electron chi connectivity index (χ4n) is 5.15. The van der Waals surface area contributed by atoms with E-state index in [4.69, 9.17) is 5.41 Å². The van der Waals surface area contributed by atoms with Crippen molar-refractivity contribution in [1.82, 2.24) is 14.0 Å². The van der Waals surface area contributed by atoms with Crippen LogP contribution in [-0.4, -0.2) is 46.3 Å². The first kappa shape index (κ1) is 25.3. The molecule has 1 aromatic carbocycles. The Balaban J connectivity index is 1.57. The molecule has 35 heavy (non-hydrogen) atoms. The molecule has 1 fully saturated rings. The molecule has 7 heteroatoms. The van der Waals surface area contributed by atoms with Gasteiger partial charge in [0.2, 0.25) is 6.41 Å². The molecule has 2 aromatic heterocycles. The van der Waals surface area contributed by atoms with Crippen molar-refractivity contribution >= 4 is 43.9 Å². The van der Waals surface area contributed by atoms with Gasteiger partial charge in [-0.05, 0) is 50.6 Å². The topological polar surface area (TPSA) is 71.1 Å². The largest absolute Gasteiger partial charge is 0.311 e. The number of aromatic nitrogens is 2. The number of carbonyl (C=O) groups is 1. The van der Waals surface area contributed by atoms with E-state index in [-0.39, 0.29) is 5.56 Å². The Kier molecular flexibility index (Phi) is 8.19. The molecule has 0 saturated heterocycles. The van der Waals surface area contributed by atoms with Crippen LogP contribution in [-0.2, 0) is 17.8 Å². The van der Waals surface area contributed by atoms with Crippen LogP contribution < -0.4 is 5.56 Å². The molecule has 0 unspecified atom stereocenters. The number of carbonyl (C=O) groups excluding carboxylic acids is 1. The summed E-state index contributed by atoms with van der Waals surface area (Å²) in [6, 6.07) is 10.6. The van der Waals surface area contributed by atoms with E-state index in [1.165, 1.54) is 32.1 Å². The fourth-order valence-corrected chi connectivity index (χ4v) is 5.50. The predicted molar refractivity (Wildman–Crippen MR) is 148 cm³/mol. The van der Waals surface area contributed by atoms with Gasteiger partial charge in [-0.2, -0.15) is 0 Å². The maximum atomic E-state index is 13.0. The molecule has 1 aliphatic carbocycles. The first-order valence-corrected chi connectivity index (χ1v) is 13.1. The van der Waals surface area contributed by atoms with Gasteiger partial charge in [0.05, 0.1) is 17.6 Å². The molecule has 1 aliphatic rings. The summed E-state index contributed by atoms with van der Waals surface area (Å²) in [5.41, 5.74) is 3.64. The maximum Gasteiger partial charge on any atom is 0.260 e. The minimum absolute atomic E-state index is 0.214. The van der Waals surface area contributed by atoms with Crippen LogP contribution in [0.3, 0.4) is 0 Å². The molecular weight excluding hydrogens is 504 g/mol. The van der Waals surface area contributed by atoms with E-state index in [1.54, 1.807) is 15.3 Å². The van der Waals surface area contributed by atoms with E-state index < -0.39 is 0 Å². The molecular formula is C28H33BrN4O2. The van der Waals surface area contributed by atoms with Gasteiger partial charge < -0.3 is 14.9 Å². The van der Waals surface area contributed by atoms with Gasteiger partial charge in [-0.3, -0.25) is 14.2 Å². The lowest BCUT2D eigenvalue weighted by Crippen LogP contribution is -2.35. The van der Waals surface area contributed by atoms with Crippen molar-refractivity contribution < 1.29 is 4.79 Å². The van der Waals surface area contributed by atoms with Crippen LogP contribution in [0.1, 0.15) is 61.4 Å². The number of benzene rings is 1. The third-order valence-corrected chi connectivity index (χ3v) is 8.11. The van der Waals surface area contributed by atoms with Gasteiger partial charge in [0.15, 0.2) is 0 Å². The first-order valence-electron chi connectivity index (χ1n) is 12.3. The average Bonchev–Trinajstić information content (AvgIpc) is 3.25. The van der Waals surface area contributed by atoms with Gasteiger partial charge in [-0.1, -0.05) is 53.4 Å². The summed E-state index contributed by atoms with van der Waals surface area (Å²) in [6.45, 7) is 3.17. The van der Waals surface area contributed by atoms with Gasteiger partial charge >= 0.3 is 0 Å². The number of halogens is 1. The zero-order valence-corrected chi connectivity index (χ0v) is 22.1. The second-order valence-corrected chi connectivity index (χ2v) is 10.2. The number of hydrogen-bond donors (Lipinski definition) is 1. The Morgan fingerprint density at radius 1 is 1.20 bits per heavy atom. The molecule has 4 rings (SSSR count). The van der Waals surface area contributed by atoms with Gasteiger partial charge in [0.1, 0.15) is 0 Å². The number of rotatable bonds is 9. The zero-order chi connectivity index (χ0) is 24.9. The highest BCUT2D eigenvalue weighted by atomic mass is 79.9. The van der Waals surface area contributed by atoms with Crippen LogP contribution in [0.15, 0.2) is 47.4 Å². The number of hydrogen-bond acceptors (Lipinski definition) is 4. The lowest BCUT2D eigenvalue weighted by molar-refractivity contribution is 0.193. The van der Waals surface area contributed by atoms with Crippen molar-refractivity contribution in [3.8, 4) is 0 Å². The normalized spacial score (nSPS) is 15.1. The van der Waals surface area contributed by atoms with Gasteiger partial charge in [0.25, 0.3) is 5.56 Å². The number of allylic oxidation sites excluding steroid dienone is 1. The molecule has 6 nitrogen and oxygen atoms in total. The second-order valence-electron chi connectivity index (χ2n) is 9.38. The minimum atomic E-state index is -0.214. The first-order chi connectivity index (χ1) is 17.0. The van der Waals surface area contributed by atoms with Crippen molar-refractivity contribution in [3.63, 3.8) is 0 Å². The van der Waals surface area contributed by atoms with Crippen molar-refractivity contribution in [2.45, 2.75) is 58.0 Å². The standard InChI is InChI=1S/C28H33BrN4O2/c1-3-26(29)24-12-14-32(28(35)25(24)17-30)18-20-9-10-21-16-23(33(19-34)27(21)15-20)11-13-31(2)22-7-5-4-6-8-22/h3,9-10,12,14-17,19,22,30H,4-8,11,13,18H2,1-2H3/b26-3+,30-17?. The van der Waals surface area contributed by atoms with Crippen LogP contribution in [0.4, 0.5) is 0 Å². The summed E-state index contributed by atoms with van der Waals surface area (Å²) in [5, 5.41) is 8.76. The third kappa shape index (κ3) is 5.41. The zero-order valence-electron chi connectivity index (χ0n) is 20.5. The van der Waals surface area contributed by atoms with E-state index in [0.717, 1.165) is 52.2 Å². The van der Waals surface area contributed by atoms with E-state index in [9.17, 15) is 9.59 Å². The highest BCUT2D eigenvalue weighted by Crippen LogP contribution is 2.25. The van der Waals surface area contributed by atoms with Gasteiger partial charge in [-0.25, -0.2) is 0 Å². The Morgan fingerprint density at radius 2 is 1.97 bits per heavy atom. The molecule has 1 N–H and O–H groups in total. The number of fused-ring (bicyclic) bond motifs is 1. The molecule has 0 spiro atoms. The highest BCUT2D eigenvalue weighted by Gasteiger charge is 2.19. The summed E-state index contributed by atoms with van der Waals surface area (Å²) < 4.78 is 4.13. The van der Waals surface area contributed by atoms with Gasteiger partial charge in [-0.15, -0.1) is 0 Å². The Labute approximate surface area is 214 Å². The SMILES string of the molecule is C/C=C(/Br)c1ccn(Cc2ccc3cc(CCN(C)C4CCCCC4)n(C=O)c3c2)c(=O)c1C=N. The summed E-state index contributed by atoms with van der Waals surface area (Å²) in [5.74, 6) is 0. The monoisotopic (exact) mass is 536 g/mol. The molecule has 2 heterocycles. The van der Waals surface area contributed by atoms with E-state index in [1.807, 2.05) is 37.3 Å². The van der Waals surface area contributed by atoms with Crippen LogP contribution in [0.25, 0.3) is 15.4 Å². The highest BCUT2D eigenvalue weighted by molar-refractivity contribution is 9.15. The summed E-state index contributed by atoms with van der Waals surface area (Å²) >= 11 is 3.46. The number of likely N-dealkylation sites (N-methyl/N-ethyl adjacent to an activating group) is 1. The predicted octanol–water partition coefficient (Wildman–Crippen LogP) is 5.45. The molecule has 0 atom stereocenters. The summed E-state index contributed by atoms with van der Waals surface area (Å²) in [7, 11) is 2.20. The third-order valence-electron chi connectivity index (χ3n) is 7.22. The van der Waals surface area contributed by atoms with E-state index in [0.29, 0.717) is 23.7 Å². The van der Waals surface area contributed by atoms with Crippen molar-refractivity contribution in [2.75, 3.05) is 13.6 Å². The van der Waals surface area contributed by atoms with Crippen LogP contribution >= 0.6 is 15.9 Å². The lowest BCUT2D eigenvalue weighted by Gasteiger charge is -2.31. The average molecular weight is 538 g/mol. The molecule has 184 valence electrons. The van der Waals surface area contributed by atoms with Gasteiger partial charge in [0, 0.05) is 52.5 Å². The van der Waals surface area contributed by atoms with Crippen LogP contribution in [0.5, 0.6) is 0 Å². The van der Waals surface area contributed by atoms with Crippen LogP contribution in [0.2, 0.25) is 0 Å². The number of pyridine rings is 1. The van der Waals surface area contributed by atoms with Crippen molar-refractivity contribution in [2.24, 2.45) is 0 Å². The molecule has 0 radical (unpaired) electrons. The van der Waals surface area contributed by atoms with Crippen LogP contribution in [0, 0.1) is 5.41 Å².